The summed E-state index contributed by atoms with van der Waals surface area (Å²) in [5, 5.41) is 25.4. The first kappa shape index (κ1) is 40.4. The molecule has 5 aromatic rings. The molecule has 62 heavy (non-hydrogen) atoms. The zero-order chi connectivity index (χ0) is 42.9. The first-order valence-electron chi connectivity index (χ1n) is 24.5. The molecule has 8 fully saturated rings. The molecule has 0 unspecified atom stereocenters. The predicted octanol–water partition coefficient (Wildman–Crippen LogP) is 15.3. The number of aryl methyl sites for hydroxylation is 1. The van der Waals surface area contributed by atoms with Gasteiger partial charge in [0.25, 0.3) is 0 Å². The van der Waals surface area contributed by atoms with Gasteiger partial charge in [0.1, 0.15) is 11.5 Å². The molecule has 322 valence electrons. The molecule has 0 saturated heterocycles. The number of rotatable bonds is 7. The Morgan fingerprint density at radius 3 is 1.10 bits per heavy atom. The summed E-state index contributed by atoms with van der Waals surface area (Å²) in [7, 11) is 0. The van der Waals surface area contributed by atoms with E-state index in [9.17, 15) is 10.2 Å². The van der Waals surface area contributed by atoms with Gasteiger partial charge >= 0.3 is 0 Å². The molecule has 0 radical (unpaired) electrons. The maximum Gasteiger partial charge on any atom is 0.127 e. The van der Waals surface area contributed by atoms with Crippen molar-refractivity contribution < 1.29 is 10.2 Å². The second-order valence-electron chi connectivity index (χ2n) is 23.9. The molecule has 13 rings (SSSR count). The van der Waals surface area contributed by atoms with Crippen LogP contribution in [-0.4, -0.2) is 15.2 Å². The van der Waals surface area contributed by atoms with Crippen LogP contribution in [0.1, 0.15) is 153 Å². The Kier molecular flexibility index (Phi) is 9.33. The normalized spacial score (nSPS) is 29.7. The van der Waals surface area contributed by atoms with Crippen LogP contribution in [0.5, 0.6) is 11.5 Å². The summed E-state index contributed by atoms with van der Waals surface area (Å²) < 4.78 is 0. The van der Waals surface area contributed by atoms with Gasteiger partial charge in [0.05, 0.1) is 11.4 Å². The Morgan fingerprint density at radius 2 is 0.790 bits per heavy atom. The first-order valence-corrected chi connectivity index (χ1v) is 24.5. The van der Waals surface area contributed by atoms with Gasteiger partial charge < -0.3 is 10.2 Å². The number of phenols is 2. The highest BCUT2D eigenvalue weighted by atomic mass is 16.3. The van der Waals surface area contributed by atoms with E-state index in [2.05, 4.69) is 133 Å². The monoisotopic (exact) mass is 824 g/mol. The summed E-state index contributed by atoms with van der Waals surface area (Å²) >= 11 is 0. The van der Waals surface area contributed by atoms with Crippen molar-refractivity contribution in [3.8, 4) is 56.3 Å². The molecule has 1 aromatic heterocycles. The van der Waals surface area contributed by atoms with Crippen molar-refractivity contribution in [2.24, 2.45) is 35.5 Å². The maximum absolute atomic E-state index is 12.7. The van der Waals surface area contributed by atoms with Crippen LogP contribution in [0.3, 0.4) is 0 Å². The SMILES string of the molecule is CCc1cc(-c2ccccc2-c2cc(C(C)(C)C)cc(C34CC5CC(CC(C5)C3)C4)c2O)nc(-c2ccccc2-c2cc(C(C)(C)C)cc(C34CC5CC(CC(C5)C3)C4)c2O)c1. The molecule has 4 aromatic carbocycles. The van der Waals surface area contributed by atoms with Gasteiger partial charge in [-0.05, 0) is 193 Å². The number of nitrogens with zero attached hydrogens (tertiary/aromatic N) is 1. The van der Waals surface area contributed by atoms with E-state index in [0.29, 0.717) is 11.5 Å². The summed E-state index contributed by atoms with van der Waals surface area (Å²) in [5.41, 5.74) is 14.1. The van der Waals surface area contributed by atoms with E-state index >= 15 is 0 Å². The number of benzene rings is 4. The van der Waals surface area contributed by atoms with Gasteiger partial charge in [0.2, 0.25) is 0 Å². The molecule has 0 spiro atoms. The lowest BCUT2D eigenvalue weighted by Gasteiger charge is -2.57. The van der Waals surface area contributed by atoms with Crippen molar-refractivity contribution >= 4 is 0 Å². The smallest absolute Gasteiger partial charge is 0.127 e. The largest absolute Gasteiger partial charge is 0.507 e. The highest BCUT2D eigenvalue weighted by Gasteiger charge is 2.54. The van der Waals surface area contributed by atoms with Gasteiger partial charge in [0, 0.05) is 33.4 Å². The van der Waals surface area contributed by atoms with Crippen LogP contribution in [-0.2, 0) is 28.1 Å². The zero-order valence-electron chi connectivity index (χ0n) is 38.6. The van der Waals surface area contributed by atoms with Gasteiger partial charge in [-0.25, -0.2) is 4.98 Å². The topological polar surface area (TPSA) is 53.4 Å². The standard InChI is InChI=1S/C59H69NO2/c1-8-35-23-52(46-15-11-9-13-44(46)48-25-42(56(2,3)4)27-50(54(48)61)58-29-36-17-37(30-58)19-38(18-36)31-58)60-53(24-35)47-16-12-10-14-45(47)49-26-43(57(5,6)7)28-51(55(49)62)59-32-39-20-40(33-59)22-41(21-39)34-59/h9-16,23-28,36-41,61-62H,8,17-22,29-34H2,1-7H3. The summed E-state index contributed by atoms with van der Waals surface area (Å²) in [6.07, 6.45) is 16.4. The number of pyridine rings is 1. The van der Waals surface area contributed by atoms with E-state index < -0.39 is 0 Å². The second kappa shape index (κ2) is 14.3. The third kappa shape index (κ3) is 6.68. The van der Waals surface area contributed by atoms with Crippen LogP contribution in [0, 0.1) is 35.5 Å². The van der Waals surface area contributed by atoms with Gasteiger partial charge in [-0.2, -0.15) is 0 Å². The van der Waals surface area contributed by atoms with Gasteiger partial charge in [0.15, 0.2) is 0 Å². The molecular formula is C59H69NO2. The minimum absolute atomic E-state index is 0.0620. The Morgan fingerprint density at radius 1 is 0.468 bits per heavy atom. The fraction of sp³-hybridized carbons (Fsp3) is 0.508. The predicted molar refractivity (Wildman–Crippen MR) is 256 cm³/mol. The molecule has 8 aliphatic rings. The molecule has 8 bridgehead atoms. The van der Waals surface area contributed by atoms with Crippen LogP contribution in [0.2, 0.25) is 0 Å². The Hall–Kier alpha value is -4.37. The van der Waals surface area contributed by atoms with Crippen molar-refractivity contribution in [3.05, 3.63) is 113 Å². The highest BCUT2D eigenvalue weighted by Crippen LogP contribution is 2.64. The van der Waals surface area contributed by atoms with Crippen molar-refractivity contribution in [2.45, 2.75) is 154 Å². The molecular weight excluding hydrogens is 755 g/mol. The summed E-state index contributed by atoms with van der Waals surface area (Å²) in [4.78, 5) is 5.59. The van der Waals surface area contributed by atoms with E-state index in [1.807, 2.05) is 0 Å². The quantitative estimate of drug-likeness (QED) is 0.172. The van der Waals surface area contributed by atoms with Crippen LogP contribution < -0.4 is 0 Å². The zero-order valence-corrected chi connectivity index (χ0v) is 38.6. The third-order valence-corrected chi connectivity index (χ3v) is 17.5. The Balaban J connectivity index is 1.05. The number of hydrogen-bond donors (Lipinski definition) is 2. The van der Waals surface area contributed by atoms with E-state index in [4.69, 9.17) is 4.98 Å². The molecule has 3 nitrogen and oxygen atoms in total. The summed E-state index contributed by atoms with van der Waals surface area (Å²) in [5.74, 6) is 5.70. The van der Waals surface area contributed by atoms with E-state index in [-0.39, 0.29) is 21.7 Å². The molecule has 8 saturated carbocycles. The molecule has 8 aliphatic carbocycles. The Bertz CT molecular complexity index is 2330. The van der Waals surface area contributed by atoms with Gasteiger partial charge in [-0.3, -0.25) is 0 Å². The summed E-state index contributed by atoms with van der Waals surface area (Å²) in [6, 6.07) is 31.2. The van der Waals surface area contributed by atoms with Gasteiger partial charge in [-0.1, -0.05) is 109 Å². The molecule has 0 atom stereocenters. The van der Waals surface area contributed by atoms with Crippen LogP contribution >= 0.6 is 0 Å². The van der Waals surface area contributed by atoms with E-state index in [1.165, 1.54) is 105 Å². The van der Waals surface area contributed by atoms with Crippen LogP contribution in [0.4, 0.5) is 0 Å². The van der Waals surface area contributed by atoms with Crippen molar-refractivity contribution in [3.63, 3.8) is 0 Å². The molecule has 1 heterocycles. The lowest BCUT2D eigenvalue weighted by Crippen LogP contribution is -2.48. The molecule has 0 amide bonds. The lowest BCUT2D eigenvalue weighted by molar-refractivity contribution is -0.00631. The first-order chi connectivity index (χ1) is 29.6. The third-order valence-electron chi connectivity index (χ3n) is 17.5. The molecule has 2 N–H and O–H groups in total. The minimum Gasteiger partial charge on any atom is -0.507 e. The summed E-state index contributed by atoms with van der Waals surface area (Å²) in [6.45, 7) is 16.1. The minimum atomic E-state index is -0.0723. The van der Waals surface area contributed by atoms with E-state index in [0.717, 1.165) is 86.7 Å². The van der Waals surface area contributed by atoms with Gasteiger partial charge in [-0.15, -0.1) is 0 Å². The Labute approximate surface area is 371 Å². The van der Waals surface area contributed by atoms with E-state index in [1.54, 1.807) is 0 Å². The van der Waals surface area contributed by atoms with Crippen molar-refractivity contribution in [2.75, 3.05) is 0 Å². The van der Waals surface area contributed by atoms with Crippen LogP contribution in [0.15, 0.2) is 84.9 Å². The fourth-order valence-electron chi connectivity index (χ4n) is 15.2. The van der Waals surface area contributed by atoms with Crippen LogP contribution in [0.25, 0.3) is 44.8 Å². The molecule has 0 aliphatic heterocycles. The number of hydrogen-bond acceptors (Lipinski definition) is 3. The average Bonchev–Trinajstić information content (AvgIpc) is 3.22. The lowest BCUT2D eigenvalue weighted by atomic mass is 9.47. The average molecular weight is 824 g/mol. The van der Waals surface area contributed by atoms with Crippen molar-refractivity contribution in [1.29, 1.82) is 0 Å². The fourth-order valence-corrected chi connectivity index (χ4v) is 15.2. The second-order valence-corrected chi connectivity index (χ2v) is 23.9. The molecule has 3 heteroatoms. The number of aromatic nitrogens is 1. The highest BCUT2D eigenvalue weighted by molar-refractivity contribution is 5.89. The number of aromatic hydroxyl groups is 2. The maximum atomic E-state index is 12.7. The number of phenolic OH excluding ortho intramolecular Hbond substituents is 2. The van der Waals surface area contributed by atoms with Crippen molar-refractivity contribution in [1.82, 2.24) is 4.98 Å².